The van der Waals surface area contributed by atoms with Gasteiger partial charge in [0.1, 0.15) is 18.1 Å². The lowest BCUT2D eigenvalue weighted by Crippen LogP contribution is -2.34. The highest BCUT2D eigenvalue weighted by atomic mass is 19.3. The second kappa shape index (κ2) is 14.3. The standard InChI is InChI=1S/C29H30F4N2O6/c1-18(2)20-5-10-23(11-6-20)41-24(27(37)38)15-19-3-8-22(9-4-19)39-14-13-34-26(36)21-7-12-25(35-16-21)40-17-29(32,33)28(30)31/h3-12,16,18,24,28H,13-15,17H2,1-2H3,(H,34,36)(H,37,38). The highest BCUT2D eigenvalue weighted by molar-refractivity contribution is 5.93. The Hall–Kier alpha value is -4.35. The second-order valence-electron chi connectivity index (χ2n) is 9.36. The third-order valence-corrected chi connectivity index (χ3v) is 5.83. The Morgan fingerprint density at radius 3 is 2.17 bits per heavy atom. The van der Waals surface area contributed by atoms with Crippen LogP contribution in [0.15, 0.2) is 66.9 Å². The van der Waals surface area contributed by atoms with Crippen molar-refractivity contribution >= 4 is 11.9 Å². The molecule has 3 aromatic rings. The minimum Gasteiger partial charge on any atom is -0.492 e. The van der Waals surface area contributed by atoms with Crippen LogP contribution in [0.25, 0.3) is 0 Å². The van der Waals surface area contributed by atoms with Crippen LogP contribution in [0.2, 0.25) is 0 Å². The third-order valence-electron chi connectivity index (χ3n) is 5.83. The Morgan fingerprint density at radius 2 is 1.61 bits per heavy atom. The molecule has 0 radical (unpaired) electrons. The van der Waals surface area contributed by atoms with Gasteiger partial charge in [0.15, 0.2) is 12.7 Å². The molecule has 1 heterocycles. The molecular formula is C29H30F4N2O6. The van der Waals surface area contributed by atoms with Crippen LogP contribution in [-0.4, -0.2) is 60.2 Å². The number of carboxylic acids is 1. The summed E-state index contributed by atoms with van der Waals surface area (Å²) in [6.07, 6.45) is -3.73. The van der Waals surface area contributed by atoms with Crippen molar-refractivity contribution in [1.29, 1.82) is 0 Å². The van der Waals surface area contributed by atoms with Gasteiger partial charge >= 0.3 is 18.3 Å². The van der Waals surface area contributed by atoms with Crippen molar-refractivity contribution in [2.75, 3.05) is 19.8 Å². The smallest absolute Gasteiger partial charge is 0.345 e. The molecule has 2 aromatic carbocycles. The van der Waals surface area contributed by atoms with Crippen LogP contribution in [-0.2, 0) is 11.2 Å². The number of amides is 1. The zero-order valence-corrected chi connectivity index (χ0v) is 22.4. The molecule has 1 atom stereocenters. The van der Waals surface area contributed by atoms with Gasteiger partial charge in [-0.1, -0.05) is 38.1 Å². The van der Waals surface area contributed by atoms with Crippen molar-refractivity contribution < 1.29 is 46.5 Å². The number of carbonyl (C=O) groups is 2. The number of aliphatic carboxylic acids is 1. The fourth-order valence-corrected chi connectivity index (χ4v) is 3.48. The lowest BCUT2D eigenvalue weighted by atomic mass is 10.0. The summed E-state index contributed by atoms with van der Waals surface area (Å²) in [6, 6.07) is 16.5. The monoisotopic (exact) mass is 578 g/mol. The number of aromatic nitrogens is 1. The number of ether oxygens (including phenoxy) is 3. The summed E-state index contributed by atoms with van der Waals surface area (Å²) >= 11 is 0. The second-order valence-corrected chi connectivity index (χ2v) is 9.36. The van der Waals surface area contributed by atoms with Gasteiger partial charge in [0.2, 0.25) is 5.88 Å². The molecule has 3 rings (SSSR count). The highest BCUT2D eigenvalue weighted by Gasteiger charge is 2.41. The van der Waals surface area contributed by atoms with Crippen LogP contribution >= 0.6 is 0 Å². The van der Waals surface area contributed by atoms with Gasteiger partial charge in [-0.15, -0.1) is 0 Å². The molecule has 1 aromatic heterocycles. The van der Waals surface area contributed by atoms with Gasteiger partial charge in [0, 0.05) is 18.7 Å². The van der Waals surface area contributed by atoms with Crippen LogP contribution in [0.4, 0.5) is 17.6 Å². The van der Waals surface area contributed by atoms with Gasteiger partial charge < -0.3 is 24.6 Å². The van der Waals surface area contributed by atoms with Crippen LogP contribution in [0.1, 0.15) is 41.3 Å². The van der Waals surface area contributed by atoms with E-state index in [2.05, 4.69) is 28.9 Å². The summed E-state index contributed by atoms with van der Waals surface area (Å²) in [5.41, 5.74) is 1.96. The number of carbonyl (C=O) groups excluding carboxylic acids is 1. The zero-order chi connectivity index (χ0) is 30.0. The van der Waals surface area contributed by atoms with Crippen molar-refractivity contribution in [3.63, 3.8) is 0 Å². The van der Waals surface area contributed by atoms with E-state index >= 15 is 0 Å². The molecule has 1 unspecified atom stereocenters. The van der Waals surface area contributed by atoms with Gasteiger partial charge in [-0.2, -0.15) is 8.78 Å². The van der Waals surface area contributed by atoms with Gasteiger partial charge in [0.25, 0.3) is 5.91 Å². The number of nitrogens with one attached hydrogen (secondary N) is 1. The van der Waals surface area contributed by atoms with Crippen molar-refractivity contribution in [3.8, 4) is 17.4 Å². The van der Waals surface area contributed by atoms with Crippen molar-refractivity contribution in [3.05, 3.63) is 83.6 Å². The molecule has 0 aliphatic heterocycles. The molecule has 1 amide bonds. The van der Waals surface area contributed by atoms with Crippen molar-refractivity contribution in [2.24, 2.45) is 0 Å². The minimum absolute atomic E-state index is 0.105. The molecular weight excluding hydrogens is 548 g/mol. The maximum absolute atomic E-state index is 12.9. The third kappa shape index (κ3) is 9.66. The van der Waals surface area contributed by atoms with Crippen molar-refractivity contribution in [2.45, 2.75) is 44.6 Å². The first-order valence-electron chi connectivity index (χ1n) is 12.7. The maximum atomic E-state index is 12.9. The number of carboxylic acid groups (broad SMARTS) is 1. The molecule has 220 valence electrons. The number of hydrogen-bond acceptors (Lipinski definition) is 6. The molecule has 0 bridgehead atoms. The Labute approximate surface area is 234 Å². The van der Waals surface area contributed by atoms with E-state index in [1.807, 2.05) is 12.1 Å². The van der Waals surface area contributed by atoms with Crippen LogP contribution in [0, 0.1) is 0 Å². The van der Waals surface area contributed by atoms with E-state index in [0.29, 0.717) is 17.4 Å². The molecule has 12 heteroatoms. The van der Waals surface area contributed by atoms with Crippen LogP contribution < -0.4 is 19.5 Å². The Morgan fingerprint density at radius 1 is 0.951 bits per heavy atom. The fourth-order valence-electron chi connectivity index (χ4n) is 3.48. The minimum atomic E-state index is -4.31. The Bertz CT molecular complexity index is 1270. The Balaban J connectivity index is 1.42. The van der Waals surface area contributed by atoms with E-state index in [1.165, 1.54) is 6.07 Å². The predicted molar refractivity (Wildman–Crippen MR) is 141 cm³/mol. The molecule has 0 aliphatic carbocycles. The van der Waals surface area contributed by atoms with E-state index < -0.39 is 36.9 Å². The normalized spacial score (nSPS) is 12.2. The number of pyridine rings is 1. The molecule has 0 saturated heterocycles. The topological polar surface area (TPSA) is 107 Å². The van der Waals surface area contributed by atoms with E-state index in [1.54, 1.807) is 36.4 Å². The number of hydrogen-bond donors (Lipinski definition) is 2. The van der Waals surface area contributed by atoms with Gasteiger partial charge in [-0.3, -0.25) is 4.79 Å². The maximum Gasteiger partial charge on any atom is 0.345 e. The predicted octanol–water partition coefficient (Wildman–Crippen LogP) is 5.37. The Kier molecular flexibility index (Phi) is 10.9. The SMILES string of the molecule is CC(C)c1ccc(OC(Cc2ccc(OCCNC(=O)c3ccc(OCC(F)(F)C(F)F)nc3)cc2)C(=O)O)cc1. The first-order valence-corrected chi connectivity index (χ1v) is 12.7. The molecule has 0 spiro atoms. The van der Waals surface area contributed by atoms with Crippen LogP contribution in [0.5, 0.6) is 17.4 Å². The van der Waals surface area contributed by atoms with Gasteiger partial charge in [-0.05, 0) is 47.4 Å². The molecule has 8 nitrogen and oxygen atoms in total. The summed E-state index contributed by atoms with van der Waals surface area (Å²) in [7, 11) is 0. The molecule has 0 aliphatic rings. The van der Waals surface area contributed by atoms with Crippen LogP contribution in [0.3, 0.4) is 0 Å². The summed E-state index contributed by atoms with van der Waals surface area (Å²) in [6.45, 7) is 2.84. The average Bonchev–Trinajstić information content (AvgIpc) is 2.95. The number of halogens is 4. The quantitative estimate of drug-likeness (QED) is 0.185. The lowest BCUT2D eigenvalue weighted by Gasteiger charge is -2.16. The zero-order valence-electron chi connectivity index (χ0n) is 22.4. The first-order chi connectivity index (χ1) is 19.4. The van der Waals surface area contributed by atoms with E-state index in [0.717, 1.165) is 23.4 Å². The number of alkyl halides is 4. The molecule has 41 heavy (non-hydrogen) atoms. The van der Waals surface area contributed by atoms with Gasteiger partial charge in [0.05, 0.1) is 12.1 Å². The van der Waals surface area contributed by atoms with E-state index in [-0.39, 0.29) is 31.0 Å². The summed E-state index contributed by atoms with van der Waals surface area (Å²) < 4.78 is 66.1. The summed E-state index contributed by atoms with van der Waals surface area (Å²) in [5, 5.41) is 12.2. The number of nitrogens with zero attached hydrogens (tertiary/aromatic N) is 1. The summed E-state index contributed by atoms with van der Waals surface area (Å²) in [5.74, 6) is -4.91. The lowest BCUT2D eigenvalue weighted by molar-refractivity contribution is -0.148. The van der Waals surface area contributed by atoms with E-state index in [9.17, 15) is 32.3 Å². The molecule has 2 N–H and O–H groups in total. The largest absolute Gasteiger partial charge is 0.492 e. The molecule has 0 fully saturated rings. The van der Waals surface area contributed by atoms with Crippen molar-refractivity contribution in [1.82, 2.24) is 10.3 Å². The fraction of sp³-hybridized carbons (Fsp3) is 0.345. The number of benzene rings is 2. The summed E-state index contributed by atoms with van der Waals surface area (Å²) in [4.78, 5) is 27.6. The van der Waals surface area contributed by atoms with Gasteiger partial charge in [-0.25, -0.2) is 18.6 Å². The highest BCUT2D eigenvalue weighted by Crippen LogP contribution is 2.24. The first kappa shape index (κ1) is 31.2. The molecule has 0 saturated carbocycles. The average molecular weight is 579 g/mol. The number of rotatable bonds is 15. The van der Waals surface area contributed by atoms with E-state index in [4.69, 9.17) is 9.47 Å².